The number of likely N-dealkylation sites (N-methyl/N-ethyl adjacent to an activating group) is 1. The van der Waals surface area contributed by atoms with Gasteiger partial charge >= 0.3 is 0 Å². The molecule has 1 aliphatic carbocycles. The molecule has 1 amide bonds. The fourth-order valence-corrected chi connectivity index (χ4v) is 3.67. The van der Waals surface area contributed by atoms with Crippen LogP contribution in [-0.2, 0) is 11.3 Å². The van der Waals surface area contributed by atoms with Crippen LogP contribution >= 0.6 is 0 Å². The number of benzene rings is 1. The number of hydrogen-bond acceptors (Lipinski definition) is 5. The van der Waals surface area contributed by atoms with Crippen LogP contribution in [0.25, 0.3) is 0 Å². The summed E-state index contributed by atoms with van der Waals surface area (Å²) in [7, 11) is 3.81. The predicted molar refractivity (Wildman–Crippen MR) is 99.6 cm³/mol. The molecule has 3 rings (SSSR count). The van der Waals surface area contributed by atoms with Gasteiger partial charge in [-0.05, 0) is 45.0 Å². The number of aromatic nitrogens is 2. The molecule has 6 heteroatoms. The largest absolute Gasteiger partial charge is 0.345 e. The maximum Gasteiger partial charge on any atom is 0.246 e. The van der Waals surface area contributed by atoms with Gasteiger partial charge in [0.1, 0.15) is 6.04 Å². The highest BCUT2D eigenvalue weighted by atomic mass is 16.5. The van der Waals surface area contributed by atoms with Crippen molar-refractivity contribution in [1.29, 1.82) is 0 Å². The normalized spacial score (nSPS) is 16.6. The van der Waals surface area contributed by atoms with Crippen molar-refractivity contribution in [3.63, 3.8) is 0 Å². The molecule has 1 N–H and O–H groups in total. The predicted octanol–water partition coefficient (Wildman–Crippen LogP) is 3.34. The van der Waals surface area contributed by atoms with Crippen molar-refractivity contribution < 1.29 is 9.32 Å². The Bertz CT molecular complexity index is 735. The van der Waals surface area contributed by atoms with Gasteiger partial charge in [0.25, 0.3) is 0 Å². The highest BCUT2D eigenvalue weighted by Gasteiger charge is 2.25. The molecule has 1 saturated carbocycles. The van der Waals surface area contributed by atoms with E-state index < -0.39 is 0 Å². The van der Waals surface area contributed by atoms with E-state index in [1.54, 1.807) is 0 Å². The molecule has 1 fully saturated rings. The van der Waals surface area contributed by atoms with Gasteiger partial charge in [0.2, 0.25) is 11.8 Å². The number of nitrogens with zero attached hydrogens (tertiary/aromatic N) is 3. The minimum absolute atomic E-state index is 0.0679. The quantitative estimate of drug-likeness (QED) is 0.859. The lowest BCUT2D eigenvalue weighted by Crippen LogP contribution is -2.37. The van der Waals surface area contributed by atoms with E-state index in [2.05, 4.69) is 15.5 Å². The van der Waals surface area contributed by atoms with Crippen LogP contribution in [0.1, 0.15) is 66.9 Å². The van der Waals surface area contributed by atoms with Crippen molar-refractivity contribution in [2.45, 2.75) is 57.5 Å². The molecule has 0 radical (unpaired) electrons. The zero-order valence-electron chi connectivity index (χ0n) is 15.9. The van der Waals surface area contributed by atoms with Crippen molar-refractivity contribution in [2.24, 2.45) is 0 Å². The number of carbonyl (C=O) groups excluding carboxylic acids is 1. The molecule has 0 saturated heterocycles. The van der Waals surface area contributed by atoms with Crippen LogP contribution in [0.3, 0.4) is 0 Å². The molecule has 1 aromatic heterocycles. The minimum Gasteiger partial charge on any atom is -0.345 e. The SMILES string of the molecule is Cc1ccccc1[C@H](C(=O)NCc1nc(C2CCCCC2)no1)N(C)C. The molecule has 2 aromatic rings. The highest BCUT2D eigenvalue weighted by molar-refractivity contribution is 5.83. The van der Waals surface area contributed by atoms with Gasteiger partial charge in [0, 0.05) is 5.92 Å². The molecular weight excluding hydrogens is 328 g/mol. The van der Waals surface area contributed by atoms with E-state index >= 15 is 0 Å². The number of carbonyl (C=O) groups is 1. The maximum atomic E-state index is 12.8. The van der Waals surface area contributed by atoms with Gasteiger partial charge in [-0.2, -0.15) is 4.98 Å². The second kappa shape index (κ2) is 8.45. The third-order valence-corrected chi connectivity index (χ3v) is 5.12. The van der Waals surface area contributed by atoms with Gasteiger partial charge in [0.05, 0.1) is 6.54 Å². The summed E-state index contributed by atoms with van der Waals surface area (Å²) in [5.74, 6) is 1.60. The summed E-state index contributed by atoms with van der Waals surface area (Å²) in [6.07, 6.45) is 6.00. The molecule has 1 heterocycles. The molecule has 6 nitrogen and oxygen atoms in total. The summed E-state index contributed by atoms with van der Waals surface area (Å²) in [5.41, 5.74) is 2.10. The summed E-state index contributed by atoms with van der Waals surface area (Å²) in [4.78, 5) is 19.2. The third-order valence-electron chi connectivity index (χ3n) is 5.12. The van der Waals surface area contributed by atoms with Crippen LogP contribution < -0.4 is 5.32 Å². The van der Waals surface area contributed by atoms with Crippen LogP contribution in [-0.4, -0.2) is 35.0 Å². The van der Waals surface area contributed by atoms with Gasteiger partial charge in [-0.15, -0.1) is 0 Å². The van der Waals surface area contributed by atoms with E-state index in [0.717, 1.165) is 29.8 Å². The fraction of sp³-hybridized carbons (Fsp3) is 0.550. The first-order valence-electron chi connectivity index (χ1n) is 9.38. The minimum atomic E-state index is -0.350. The van der Waals surface area contributed by atoms with Gasteiger partial charge < -0.3 is 9.84 Å². The molecule has 0 aliphatic heterocycles. The van der Waals surface area contributed by atoms with E-state index in [0.29, 0.717) is 11.8 Å². The number of amides is 1. The Hall–Kier alpha value is -2.21. The lowest BCUT2D eigenvalue weighted by Gasteiger charge is -2.25. The molecule has 26 heavy (non-hydrogen) atoms. The topological polar surface area (TPSA) is 71.3 Å². The Balaban J connectivity index is 1.63. The first-order valence-corrected chi connectivity index (χ1v) is 9.38. The second-order valence-corrected chi connectivity index (χ2v) is 7.32. The van der Waals surface area contributed by atoms with E-state index in [-0.39, 0.29) is 18.5 Å². The molecule has 0 unspecified atom stereocenters. The van der Waals surface area contributed by atoms with E-state index in [1.165, 1.54) is 19.3 Å². The van der Waals surface area contributed by atoms with Crippen LogP contribution in [0.5, 0.6) is 0 Å². The monoisotopic (exact) mass is 356 g/mol. The Morgan fingerprint density at radius 3 is 2.69 bits per heavy atom. The summed E-state index contributed by atoms with van der Waals surface area (Å²) in [6, 6.07) is 7.60. The molecule has 1 aromatic carbocycles. The van der Waals surface area contributed by atoms with Crippen molar-refractivity contribution in [2.75, 3.05) is 14.1 Å². The average Bonchev–Trinajstić information content (AvgIpc) is 3.11. The molecule has 140 valence electrons. The molecule has 1 atom stereocenters. The summed E-state index contributed by atoms with van der Waals surface area (Å²) >= 11 is 0. The van der Waals surface area contributed by atoms with E-state index in [4.69, 9.17) is 4.52 Å². The van der Waals surface area contributed by atoms with Crippen LogP contribution in [0.4, 0.5) is 0 Å². The summed E-state index contributed by atoms with van der Waals surface area (Å²) in [6.45, 7) is 2.28. The smallest absolute Gasteiger partial charge is 0.246 e. The number of rotatable bonds is 6. The Morgan fingerprint density at radius 1 is 1.27 bits per heavy atom. The average molecular weight is 356 g/mol. The molecule has 1 aliphatic rings. The number of hydrogen-bond donors (Lipinski definition) is 1. The summed E-state index contributed by atoms with van der Waals surface area (Å²) in [5, 5.41) is 7.07. The van der Waals surface area contributed by atoms with Crippen molar-refractivity contribution in [1.82, 2.24) is 20.4 Å². The number of nitrogens with one attached hydrogen (secondary N) is 1. The van der Waals surface area contributed by atoms with Gasteiger partial charge in [-0.25, -0.2) is 0 Å². The summed E-state index contributed by atoms with van der Waals surface area (Å²) < 4.78 is 5.35. The zero-order chi connectivity index (χ0) is 18.5. The maximum absolute atomic E-state index is 12.8. The molecule has 0 spiro atoms. The fourth-order valence-electron chi connectivity index (χ4n) is 3.67. The van der Waals surface area contributed by atoms with Gasteiger partial charge in [-0.3, -0.25) is 9.69 Å². The first-order chi connectivity index (χ1) is 12.6. The van der Waals surface area contributed by atoms with Crippen LogP contribution in [0.15, 0.2) is 28.8 Å². The van der Waals surface area contributed by atoms with E-state index in [1.807, 2.05) is 50.2 Å². The molecule has 0 bridgehead atoms. The van der Waals surface area contributed by atoms with Gasteiger partial charge in [0.15, 0.2) is 5.82 Å². The Kier molecular flexibility index (Phi) is 6.04. The van der Waals surface area contributed by atoms with Crippen LogP contribution in [0, 0.1) is 6.92 Å². The zero-order valence-corrected chi connectivity index (χ0v) is 15.9. The number of aryl methyl sites for hydroxylation is 1. The van der Waals surface area contributed by atoms with Crippen molar-refractivity contribution in [3.05, 3.63) is 47.1 Å². The Morgan fingerprint density at radius 2 is 2.00 bits per heavy atom. The van der Waals surface area contributed by atoms with Crippen LogP contribution in [0.2, 0.25) is 0 Å². The first kappa shape index (κ1) is 18.6. The van der Waals surface area contributed by atoms with Gasteiger partial charge in [-0.1, -0.05) is 48.7 Å². The van der Waals surface area contributed by atoms with Crippen molar-refractivity contribution in [3.8, 4) is 0 Å². The highest BCUT2D eigenvalue weighted by Crippen LogP contribution is 2.30. The standard InChI is InChI=1S/C20H28N4O2/c1-14-9-7-8-12-16(14)18(24(2)3)20(25)21-13-17-22-19(23-26-17)15-10-5-4-6-11-15/h7-9,12,15,18H,4-6,10-11,13H2,1-3H3,(H,21,25)/t18-/m1/s1. The molecular formula is C20H28N4O2. The van der Waals surface area contributed by atoms with E-state index in [9.17, 15) is 4.79 Å². The van der Waals surface area contributed by atoms with Crippen molar-refractivity contribution >= 4 is 5.91 Å². The second-order valence-electron chi connectivity index (χ2n) is 7.32. The lowest BCUT2D eigenvalue weighted by molar-refractivity contribution is -0.126. The lowest BCUT2D eigenvalue weighted by atomic mass is 9.89. The Labute approximate surface area is 155 Å². The third kappa shape index (κ3) is 4.30.